The Kier molecular flexibility index (Phi) is 6.18. The van der Waals surface area contributed by atoms with E-state index in [1.165, 1.54) is 12.2 Å². The maximum absolute atomic E-state index is 13.7. The highest BCUT2D eigenvalue weighted by Gasteiger charge is 2.21. The first kappa shape index (κ1) is 19.7. The lowest BCUT2D eigenvalue weighted by atomic mass is 10.2. The van der Waals surface area contributed by atoms with E-state index in [1.54, 1.807) is 4.90 Å². The van der Waals surface area contributed by atoms with Crippen LogP contribution in [0.2, 0.25) is 0 Å². The maximum Gasteiger partial charge on any atom is 0.246 e. The summed E-state index contributed by atoms with van der Waals surface area (Å²) >= 11 is 0. The predicted molar refractivity (Wildman–Crippen MR) is 105 cm³/mol. The van der Waals surface area contributed by atoms with Gasteiger partial charge in [-0.2, -0.15) is 0 Å². The minimum Gasteiger partial charge on any atom is -0.370 e. The largest absolute Gasteiger partial charge is 0.370 e. The lowest BCUT2D eigenvalue weighted by Crippen LogP contribution is -2.48. The van der Waals surface area contributed by atoms with Crippen molar-refractivity contribution in [2.24, 2.45) is 0 Å². The van der Waals surface area contributed by atoms with Crippen LogP contribution >= 0.6 is 0 Å². The van der Waals surface area contributed by atoms with E-state index < -0.39 is 11.6 Å². The summed E-state index contributed by atoms with van der Waals surface area (Å²) in [5, 5.41) is 3.19. The van der Waals surface area contributed by atoms with E-state index in [9.17, 15) is 13.6 Å². The SMILES string of the molecule is CCNc1cc(N2CCN(C(=O)/C=C/c3cc(F)ccc3F)CC2)nc(C)n1. The highest BCUT2D eigenvalue weighted by Crippen LogP contribution is 2.18. The molecule has 0 bridgehead atoms. The number of carbonyl (C=O) groups excluding carboxylic acids is 1. The summed E-state index contributed by atoms with van der Waals surface area (Å²) in [5.74, 6) is 0.962. The van der Waals surface area contributed by atoms with Crippen LogP contribution in [0.3, 0.4) is 0 Å². The number of benzene rings is 1. The van der Waals surface area contributed by atoms with Crippen molar-refractivity contribution in [1.82, 2.24) is 14.9 Å². The quantitative estimate of drug-likeness (QED) is 0.800. The Labute approximate surface area is 162 Å². The first-order valence-corrected chi connectivity index (χ1v) is 9.23. The van der Waals surface area contributed by atoms with Gasteiger partial charge in [0.05, 0.1) is 0 Å². The van der Waals surface area contributed by atoms with Crippen molar-refractivity contribution in [3.8, 4) is 0 Å². The molecular weight excluding hydrogens is 364 g/mol. The molecule has 0 radical (unpaired) electrons. The number of hydrogen-bond acceptors (Lipinski definition) is 5. The average molecular weight is 387 g/mol. The fraction of sp³-hybridized carbons (Fsp3) is 0.350. The van der Waals surface area contributed by atoms with Crippen LogP contribution in [-0.4, -0.2) is 53.5 Å². The zero-order valence-corrected chi connectivity index (χ0v) is 16.0. The molecule has 148 valence electrons. The van der Waals surface area contributed by atoms with Gasteiger partial charge < -0.3 is 15.1 Å². The summed E-state index contributed by atoms with van der Waals surface area (Å²) in [6, 6.07) is 5.06. The second-order valence-corrected chi connectivity index (χ2v) is 6.50. The number of piperazine rings is 1. The van der Waals surface area contributed by atoms with Crippen molar-refractivity contribution in [2.75, 3.05) is 42.9 Å². The van der Waals surface area contributed by atoms with Crippen LogP contribution in [-0.2, 0) is 4.79 Å². The van der Waals surface area contributed by atoms with Crippen LogP contribution in [0.15, 0.2) is 30.3 Å². The van der Waals surface area contributed by atoms with Crippen LogP contribution < -0.4 is 10.2 Å². The Morgan fingerprint density at radius 3 is 2.64 bits per heavy atom. The molecule has 0 atom stereocenters. The molecule has 1 fully saturated rings. The molecule has 1 N–H and O–H groups in total. The van der Waals surface area contributed by atoms with Crippen LogP contribution in [0.4, 0.5) is 20.4 Å². The fourth-order valence-corrected chi connectivity index (χ4v) is 3.05. The summed E-state index contributed by atoms with van der Waals surface area (Å²) < 4.78 is 26.9. The van der Waals surface area contributed by atoms with Crippen LogP contribution in [0, 0.1) is 18.6 Å². The first-order valence-electron chi connectivity index (χ1n) is 9.23. The molecule has 0 aliphatic carbocycles. The van der Waals surface area contributed by atoms with E-state index in [0.29, 0.717) is 32.0 Å². The monoisotopic (exact) mass is 387 g/mol. The third-order valence-electron chi connectivity index (χ3n) is 4.46. The average Bonchev–Trinajstić information content (AvgIpc) is 2.68. The molecule has 1 aliphatic rings. The van der Waals surface area contributed by atoms with Gasteiger partial charge in [-0.1, -0.05) is 0 Å². The number of aryl methyl sites for hydroxylation is 1. The van der Waals surface area contributed by atoms with Gasteiger partial charge in [-0.15, -0.1) is 0 Å². The van der Waals surface area contributed by atoms with Gasteiger partial charge in [-0.3, -0.25) is 4.79 Å². The van der Waals surface area contributed by atoms with E-state index in [2.05, 4.69) is 20.2 Å². The van der Waals surface area contributed by atoms with Crippen molar-refractivity contribution in [3.05, 3.63) is 53.4 Å². The number of carbonyl (C=O) groups is 1. The van der Waals surface area contributed by atoms with Crippen LogP contribution in [0.25, 0.3) is 6.08 Å². The molecule has 1 saturated heterocycles. The summed E-state index contributed by atoms with van der Waals surface area (Å²) in [5.41, 5.74) is 0.0550. The molecule has 1 aromatic heterocycles. The molecular formula is C20H23F2N5O. The molecule has 0 spiro atoms. The number of aromatic nitrogens is 2. The van der Waals surface area contributed by atoms with Gasteiger partial charge in [-0.05, 0) is 38.1 Å². The van der Waals surface area contributed by atoms with E-state index >= 15 is 0 Å². The van der Waals surface area contributed by atoms with E-state index in [4.69, 9.17) is 0 Å². The number of halogens is 2. The van der Waals surface area contributed by atoms with Gasteiger partial charge in [0.1, 0.15) is 29.1 Å². The smallest absolute Gasteiger partial charge is 0.246 e. The van der Waals surface area contributed by atoms with Crippen LogP contribution in [0.5, 0.6) is 0 Å². The summed E-state index contributed by atoms with van der Waals surface area (Å²) in [7, 11) is 0. The molecule has 2 aromatic rings. The summed E-state index contributed by atoms with van der Waals surface area (Å²) in [4.78, 5) is 25.0. The molecule has 3 rings (SSSR count). The van der Waals surface area contributed by atoms with Gasteiger partial charge in [-0.25, -0.2) is 18.7 Å². The second-order valence-electron chi connectivity index (χ2n) is 6.50. The minimum atomic E-state index is -0.564. The van der Waals surface area contributed by atoms with Gasteiger partial charge >= 0.3 is 0 Å². The molecule has 2 heterocycles. The number of hydrogen-bond donors (Lipinski definition) is 1. The molecule has 1 aliphatic heterocycles. The van der Waals surface area contributed by atoms with E-state index in [0.717, 1.165) is 36.4 Å². The number of amides is 1. The third kappa shape index (κ3) is 4.82. The van der Waals surface area contributed by atoms with Crippen molar-refractivity contribution in [1.29, 1.82) is 0 Å². The normalized spacial score (nSPS) is 14.6. The molecule has 8 heteroatoms. The van der Waals surface area contributed by atoms with Crippen LogP contribution in [0.1, 0.15) is 18.3 Å². The molecule has 6 nitrogen and oxygen atoms in total. The molecule has 0 saturated carbocycles. The minimum absolute atomic E-state index is 0.0550. The zero-order valence-electron chi connectivity index (χ0n) is 16.0. The Balaban J connectivity index is 1.61. The Morgan fingerprint density at radius 2 is 1.93 bits per heavy atom. The van der Waals surface area contributed by atoms with Crippen molar-refractivity contribution < 1.29 is 13.6 Å². The summed E-state index contributed by atoms with van der Waals surface area (Å²) in [6.07, 6.45) is 2.59. The Hall–Kier alpha value is -3.03. The molecule has 1 amide bonds. The van der Waals surface area contributed by atoms with E-state index in [-0.39, 0.29) is 11.5 Å². The van der Waals surface area contributed by atoms with Crippen molar-refractivity contribution >= 4 is 23.6 Å². The summed E-state index contributed by atoms with van der Waals surface area (Å²) in [6.45, 7) is 6.94. The van der Waals surface area contributed by atoms with Crippen molar-refractivity contribution in [3.63, 3.8) is 0 Å². The standard InChI is InChI=1S/C20H23F2N5O/c1-3-23-18-13-19(25-14(2)24-18)26-8-10-27(11-9-26)20(28)7-4-15-12-16(21)5-6-17(15)22/h4-7,12-13H,3,8-11H2,1-2H3,(H,23,24,25)/b7-4+. The third-order valence-corrected chi connectivity index (χ3v) is 4.46. The number of anilines is 2. The highest BCUT2D eigenvalue weighted by molar-refractivity contribution is 5.92. The fourth-order valence-electron chi connectivity index (χ4n) is 3.05. The van der Waals surface area contributed by atoms with E-state index in [1.807, 2.05) is 19.9 Å². The van der Waals surface area contributed by atoms with Gasteiger partial charge in [0, 0.05) is 50.4 Å². The maximum atomic E-state index is 13.7. The number of nitrogens with one attached hydrogen (secondary N) is 1. The van der Waals surface area contributed by atoms with Gasteiger partial charge in [0.15, 0.2) is 0 Å². The molecule has 28 heavy (non-hydrogen) atoms. The topological polar surface area (TPSA) is 61.4 Å². The highest BCUT2D eigenvalue weighted by atomic mass is 19.1. The van der Waals surface area contributed by atoms with Gasteiger partial charge in [0.25, 0.3) is 0 Å². The Bertz CT molecular complexity index is 879. The van der Waals surface area contributed by atoms with Crippen molar-refractivity contribution in [2.45, 2.75) is 13.8 Å². The first-order chi connectivity index (χ1) is 13.5. The zero-order chi connectivity index (χ0) is 20.1. The Morgan fingerprint density at radius 1 is 1.18 bits per heavy atom. The lowest BCUT2D eigenvalue weighted by Gasteiger charge is -2.35. The number of nitrogens with zero attached hydrogens (tertiary/aromatic N) is 4. The molecule has 1 aromatic carbocycles. The number of rotatable bonds is 5. The predicted octanol–water partition coefficient (Wildman–Crippen LogP) is 2.86. The van der Waals surface area contributed by atoms with Gasteiger partial charge in [0.2, 0.25) is 5.91 Å². The second kappa shape index (κ2) is 8.77. The molecule has 0 unspecified atom stereocenters. The lowest BCUT2D eigenvalue weighted by molar-refractivity contribution is -0.126.